The van der Waals surface area contributed by atoms with Gasteiger partial charge in [-0.1, -0.05) is 31.5 Å². The smallest absolute Gasteiger partial charge is 0.233 e. The molecule has 0 spiro atoms. The van der Waals surface area contributed by atoms with Crippen molar-refractivity contribution in [3.63, 3.8) is 0 Å². The second kappa shape index (κ2) is 5.24. The number of anilines is 1. The minimum atomic E-state index is -0.343. The predicted molar refractivity (Wildman–Crippen MR) is 72.6 cm³/mol. The normalized spacial score (nSPS) is 23.3. The Morgan fingerprint density at radius 1 is 1.56 bits per heavy atom. The van der Waals surface area contributed by atoms with Crippen molar-refractivity contribution in [2.75, 3.05) is 18.4 Å². The van der Waals surface area contributed by atoms with Gasteiger partial charge in [0.1, 0.15) is 11.0 Å². The molecule has 0 radical (unpaired) electrons. The Bertz CT molecular complexity index is 442. The van der Waals surface area contributed by atoms with E-state index >= 15 is 0 Å². The molecule has 1 fully saturated rings. The third kappa shape index (κ3) is 2.49. The molecule has 18 heavy (non-hydrogen) atoms. The van der Waals surface area contributed by atoms with Crippen LogP contribution in [0.5, 0.6) is 0 Å². The Hall–Kier alpha value is -1.13. The quantitative estimate of drug-likeness (QED) is 0.827. The van der Waals surface area contributed by atoms with Gasteiger partial charge in [-0.3, -0.25) is 4.79 Å². The van der Waals surface area contributed by atoms with Crippen LogP contribution < -0.4 is 10.6 Å². The third-order valence-electron chi connectivity index (χ3n) is 3.70. The molecule has 98 valence electrons. The number of carbonyl (C=O) groups excluding carboxylic acids is 1. The summed E-state index contributed by atoms with van der Waals surface area (Å²) in [4.78, 5) is 16.5. The van der Waals surface area contributed by atoms with Crippen molar-refractivity contribution < 1.29 is 4.79 Å². The summed E-state index contributed by atoms with van der Waals surface area (Å²) in [5, 5.41) is 6.52. The zero-order valence-corrected chi connectivity index (χ0v) is 11.4. The van der Waals surface area contributed by atoms with E-state index in [9.17, 15) is 4.79 Å². The maximum atomic E-state index is 12.5. The summed E-state index contributed by atoms with van der Waals surface area (Å²) in [5.41, 5.74) is -0.343. The van der Waals surface area contributed by atoms with E-state index in [2.05, 4.69) is 29.5 Å². The number of aromatic nitrogens is 1. The van der Waals surface area contributed by atoms with Crippen molar-refractivity contribution in [3.8, 4) is 0 Å². The Morgan fingerprint density at radius 3 is 2.89 bits per heavy atom. The SMILES string of the molecule is CC(C)C1(C(=O)Nc2cccc(Cl)n2)CCNC1. The summed E-state index contributed by atoms with van der Waals surface area (Å²) in [7, 11) is 0. The number of nitrogens with zero attached hydrogens (tertiary/aromatic N) is 1. The van der Waals surface area contributed by atoms with Crippen molar-refractivity contribution in [2.45, 2.75) is 20.3 Å². The summed E-state index contributed by atoms with van der Waals surface area (Å²) in [6, 6.07) is 5.21. The number of nitrogens with one attached hydrogen (secondary N) is 2. The van der Waals surface area contributed by atoms with Crippen LogP contribution in [-0.2, 0) is 4.79 Å². The van der Waals surface area contributed by atoms with Crippen LogP contribution in [0.15, 0.2) is 18.2 Å². The first-order chi connectivity index (χ1) is 8.54. The summed E-state index contributed by atoms with van der Waals surface area (Å²) < 4.78 is 0. The van der Waals surface area contributed by atoms with Gasteiger partial charge in [-0.15, -0.1) is 0 Å². The number of pyridine rings is 1. The molecule has 1 unspecified atom stereocenters. The molecule has 0 saturated carbocycles. The lowest BCUT2D eigenvalue weighted by molar-refractivity contribution is -0.126. The maximum absolute atomic E-state index is 12.5. The van der Waals surface area contributed by atoms with Crippen molar-refractivity contribution in [3.05, 3.63) is 23.4 Å². The van der Waals surface area contributed by atoms with Crippen LogP contribution in [-0.4, -0.2) is 24.0 Å². The lowest BCUT2D eigenvalue weighted by Crippen LogP contribution is -2.42. The molecule has 0 bridgehead atoms. The standard InChI is InChI=1S/C13H18ClN3O/c1-9(2)13(6-7-15-8-13)12(18)17-11-5-3-4-10(14)16-11/h3-5,9,15H,6-8H2,1-2H3,(H,16,17,18). The van der Waals surface area contributed by atoms with Crippen LogP contribution in [0.4, 0.5) is 5.82 Å². The van der Waals surface area contributed by atoms with E-state index in [1.165, 1.54) is 0 Å². The average molecular weight is 268 g/mol. The summed E-state index contributed by atoms with van der Waals surface area (Å²) in [6.45, 7) is 5.77. The summed E-state index contributed by atoms with van der Waals surface area (Å²) >= 11 is 5.81. The lowest BCUT2D eigenvalue weighted by Gasteiger charge is -2.30. The van der Waals surface area contributed by atoms with Gasteiger partial charge >= 0.3 is 0 Å². The van der Waals surface area contributed by atoms with Crippen molar-refractivity contribution in [1.29, 1.82) is 0 Å². The molecule has 5 heteroatoms. The molecule has 0 aromatic carbocycles. The van der Waals surface area contributed by atoms with Crippen molar-refractivity contribution >= 4 is 23.3 Å². The van der Waals surface area contributed by atoms with Gasteiger partial charge in [0.15, 0.2) is 0 Å². The fourth-order valence-corrected chi connectivity index (χ4v) is 2.54. The van der Waals surface area contributed by atoms with E-state index in [0.717, 1.165) is 19.5 Å². The Kier molecular flexibility index (Phi) is 3.88. The van der Waals surface area contributed by atoms with E-state index < -0.39 is 0 Å². The minimum absolute atomic E-state index is 0.0252. The molecule has 1 atom stereocenters. The highest BCUT2D eigenvalue weighted by molar-refractivity contribution is 6.29. The first-order valence-electron chi connectivity index (χ1n) is 6.19. The number of hydrogen-bond acceptors (Lipinski definition) is 3. The maximum Gasteiger partial charge on any atom is 0.233 e. The molecule has 1 saturated heterocycles. The van der Waals surface area contributed by atoms with E-state index in [-0.39, 0.29) is 17.2 Å². The molecule has 1 aliphatic rings. The van der Waals surface area contributed by atoms with Crippen LogP contribution in [0.25, 0.3) is 0 Å². The molecule has 1 aliphatic heterocycles. The molecule has 1 aromatic rings. The highest BCUT2D eigenvalue weighted by Crippen LogP contribution is 2.35. The predicted octanol–water partition coefficient (Wildman–Crippen LogP) is 2.31. The van der Waals surface area contributed by atoms with Crippen LogP contribution in [0.2, 0.25) is 5.15 Å². The van der Waals surface area contributed by atoms with E-state index in [0.29, 0.717) is 11.0 Å². The molecule has 2 heterocycles. The first-order valence-corrected chi connectivity index (χ1v) is 6.57. The summed E-state index contributed by atoms with van der Waals surface area (Å²) in [6.07, 6.45) is 0.858. The minimum Gasteiger partial charge on any atom is -0.316 e. The van der Waals surface area contributed by atoms with E-state index in [1.54, 1.807) is 18.2 Å². The monoisotopic (exact) mass is 267 g/mol. The fraction of sp³-hybridized carbons (Fsp3) is 0.538. The average Bonchev–Trinajstić information content (AvgIpc) is 2.79. The first kappa shape index (κ1) is 13.3. The van der Waals surface area contributed by atoms with E-state index in [4.69, 9.17) is 11.6 Å². The van der Waals surface area contributed by atoms with Crippen LogP contribution in [0.1, 0.15) is 20.3 Å². The number of halogens is 1. The van der Waals surface area contributed by atoms with Gasteiger partial charge in [-0.25, -0.2) is 4.98 Å². The van der Waals surface area contributed by atoms with Gasteiger partial charge in [-0.2, -0.15) is 0 Å². The van der Waals surface area contributed by atoms with Gasteiger partial charge in [0.25, 0.3) is 0 Å². The fourth-order valence-electron chi connectivity index (χ4n) is 2.38. The topological polar surface area (TPSA) is 54.0 Å². The highest BCUT2D eigenvalue weighted by Gasteiger charge is 2.43. The van der Waals surface area contributed by atoms with Crippen LogP contribution in [0, 0.1) is 11.3 Å². The number of amides is 1. The Balaban J connectivity index is 2.16. The highest BCUT2D eigenvalue weighted by atomic mass is 35.5. The van der Waals surface area contributed by atoms with Crippen molar-refractivity contribution in [1.82, 2.24) is 10.3 Å². The van der Waals surface area contributed by atoms with Gasteiger partial charge in [0, 0.05) is 6.54 Å². The third-order valence-corrected chi connectivity index (χ3v) is 3.91. The lowest BCUT2D eigenvalue weighted by atomic mass is 9.75. The number of rotatable bonds is 3. The number of hydrogen-bond donors (Lipinski definition) is 2. The number of carbonyl (C=O) groups is 1. The zero-order valence-electron chi connectivity index (χ0n) is 10.7. The molecule has 2 rings (SSSR count). The zero-order chi connectivity index (χ0) is 13.2. The van der Waals surface area contributed by atoms with Crippen LogP contribution >= 0.6 is 11.6 Å². The van der Waals surface area contributed by atoms with Gasteiger partial charge in [-0.05, 0) is 31.0 Å². The van der Waals surface area contributed by atoms with Crippen LogP contribution in [0.3, 0.4) is 0 Å². The second-order valence-electron chi connectivity index (χ2n) is 5.04. The van der Waals surface area contributed by atoms with E-state index in [1.807, 2.05) is 0 Å². The molecule has 2 N–H and O–H groups in total. The Morgan fingerprint density at radius 2 is 2.33 bits per heavy atom. The van der Waals surface area contributed by atoms with Gasteiger partial charge < -0.3 is 10.6 Å². The van der Waals surface area contributed by atoms with Gasteiger partial charge in [0.05, 0.1) is 5.41 Å². The molecular weight excluding hydrogens is 250 g/mol. The molecule has 1 amide bonds. The summed E-state index contributed by atoms with van der Waals surface area (Å²) in [5.74, 6) is 0.823. The Labute approximate surface area is 112 Å². The largest absolute Gasteiger partial charge is 0.316 e. The molecule has 4 nitrogen and oxygen atoms in total. The van der Waals surface area contributed by atoms with Crippen molar-refractivity contribution in [2.24, 2.45) is 11.3 Å². The molecule has 0 aliphatic carbocycles. The second-order valence-corrected chi connectivity index (χ2v) is 5.42. The van der Waals surface area contributed by atoms with Gasteiger partial charge in [0.2, 0.25) is 5.91 Å². The molecule has 1 aromatic heterocycles. The molecular formula is C13H18ClN3O.